The lowest BCUT2D eigenvalue weighted by Gasteiger charge is -2.25. The third-order valence-corrected chi connectivity index (χ3v) is 3.31. The fourth-order valence-corrected chi connectivity index (χ4v) is 1.64. The van der Waals surface area contributed by atoms with Gasteiger partial charge in [0.25, 0.3) is 0 Å². The van der Waals surface area contributed by atoms with E-state index in [9.17, 15) is 14.3 Å². The summed E-state index contributed by atoms with van der Waals surface area (Å²) in [5.74, 6) is -0.308. The monoisotopic (exact) mass is 268 g/mol. The van der Waals surface area contributed by atoms with Gasteiger partial charge in [-0.05, 0) is 43.5 Å². The van der Waals surface area contributed by atoms with Crippen LogP contribution in [-0.2, 0) is 0 Å². The number of amides is 2. The number of anilines is 1. The Kier molecular flexibility index (Phi) is 5.30. The summed E-state index contributed by atoms with van der Waals surface area (Å²) in [6.07, 6.45) is 1.14. The molecule has 0 aromatic heterocycles. The first-order valence-corrected chi connectivity index (χ1v) is 6.43. The van der Waals surface area contributed by atoms with E-state index in [-0.39, 0.29) is 12.4 Å². The van der Waals surface area contributed by atoms with Crippen LogP contribution in [0.1, 0.15) is 32.3 Å². The van der Waals surface area contributed by atoms with E-state index in [1.165, 1.54) is 12.1 Å². The Hall–Kier alpha value is -1.62. The van der Waals surface area contributed by atoms with Gasteiger partial charge in [0.05, 0.1) is 5.60 Å². The van der Waals surface area contributed by atoms with Gasteiger partial charge in [0.15, 0.2) is 0 Å². The summed E-state index contributed by atoms with van der Waals surface area (Å²) in [5, 5.41) is 15.2. The van der Waals surface area contributed by atoms with Crippen molar-refractivity contribution >= 4 is 11.7 Å². The molecule has 1 rings (SSSR count). The highest BCUT2D eigenvalue weighted by molar-refractivity contribution is 5.89. The van der Waals surface area contributed by atoms with Gasteiger partial charge in [0, 0.05) is 12.2 Å². The molecule has 5 heteroatoms. The summed E-state index contributed by atoms with van der Waals surface area (Å²) < 4.78 is 13.1. The summed E-state index contributed by atoms with van der Waals surface area (Å²) in [4.78, 5) is 11.7. The molecule has 0 saturated heterocycles. The number of carbonyl (C=O) groups excluding carboxylic acids is 1. The van der Waals surface area contributed by atoms with Crippen molar-refractivity contribution in [2.24, 2.45) is 0 Å². The smallest absolute Gasteiger partial charge is 0.319 e. The minimum Gasteiger partial charge on any atom is -0.388 e. The minimum absolute atomic E-state index is 0.187. The van der Waals surface area contributed by atoms with Crippen molar-refractivity contribution in [3.05, 3.63) is 29.6 Å². The van der Waals surface area contributed by atoms with Gasteiger partial charge in [-0.2, -0.15) is 0 Å². The van der Waals surface area contributed by atoms with Gasteiger partial charge in [-0.15, -0.1) is 0 Å². The van der Waals surface area contributed by atoms with Crippen LogP contribution in [0, 0.1) is 12.7 Å². The topological polar surface area (TPSA) is 61.4 Å². The number of urea groups is 1. The van der Waals surface area contributed by atoms with Gasteiger partial charge in [-0.1, -0.05) is 13.8 Å². The van der Waals surface area contributed by atoms with Gasteiger partial charge < -0.3 is 15.7 Å². The summed E-state index contributed by atoms with van der Waals surface area (Å²) in [6.45, 7) is 5.55. The van der Waals surface area contributed by atoms with E-state index in [1.807, 2.05) is 13.8 Å². The molecule has 0 atom stereocenters. The fraction of sp³-hybridized carbons (Fsp3) is 0.500. The Labute approximate surface area is 113 Å². The molecule has 4 nitrogen and oxygen atoms in total. The number of hydrogen-bond donors (Lipinski definition) is 3. The number of aryl methyl sites for hydroxylation is 1. The maximum atomic E-state index is 13.1. The zero-order chi connectivity index (χ0) is 14.5. The van der Waals surface area contributed by atoms with Crippen molar-refractivity contribution in [2.75, 3.05) is 11.9 Å². The summed E-state index contributed by atoms with van der Waals surface area (Å²) in [7, 11) is 0. The molecule has 0 saturated carbocycles. The normalized spacial score (nSPS) is 11.2. The highest BCUT2D eigenvalue weighted by Gasteiger charge is 2.22. The highest BCUT2D eigenvalue weighted by atomic mass is 19.1. The number of hydrogen-bond acceptors (Lipinski definition) is 2. The van der Waals surface area contributed by atoms with Crippen LogP contribution in [0.4, 0.5) is 14.9 Å². The average molecular weight is 268 g/mol. The van der Waals surface area contributed by atoms with Crippen molar-refractivity contribution < 1.29 is 14.3 Å². The summed E-state index contributed by atoms with van der Waals surface area (Å²) >= 11 is 0. The number of carbonyl (C=O) groups is 1. The Morgan fingerprint density at radius 3 is 2.53 bits per heavy atom. The molecule has 106 valence electrons. The lowest BCUT2D eigenvalue weighted by Crippen LogP contribution is -2.43. The van der Waals surface area contributed by atoms with Crippen LogP contribution < -0.4 is 10.6 Å². The van der Waals surface area contributed by atoms with Gasteiger partial charge in [-0.3, -0.25) is 0 Å². The third-order valence-electron chi connectivity index (χ3n) is 3.31. The first-order chi connectivity index (χ1) is 8.90. The number of benzene rings is 1. The molecule has 1 aromatic carbocycles. The van der Waals surface area contributed by atoms with Crippen LogP contribution in [-0.4, -0.2) is 23.3 Å². The number of aliphatic hydroxyl groups is 1. The second-order valence-electron chi connectivity index (χ2n) is 4.70. The van der Waals surface area contributed by atoms with Crippen LogP contribution in [0.5, 0.6) is 0 Å². The van der Waals surface area contributed by atoms with Crippen LogP contribution in [0.3, 0.4) is 0 Å². The van der Waals surface area contributed by atoms with Crippen LogP contribution in [0.2, 0.25) is 0 Å². The molecule has 19 heavy (non-hydrogen) atoms. The first-order valence-electron chi connectivity index (χ1n) is 6.43. The van der Waals surface area contributed by atoms with Crippen molar-refractivity contribution in [1.82, 2.24) is 5.32 Å². The minimum atomic E-state index is -0.879. The number of halogens is 1. The van der Waals surface area contributed by atoms with Crippen LogP contribution in [0.15, 0.2) is 18.2 Å². The molecule has 0 heterocycles. The Bertz CT molecular complexity index is 445. The van der Waals surface area contributed by atoms with Gasteiger partial charge in [0.2, 0.25) is 0 Å². The second kappa shape index (κ2) is 6.52. The first kappa shape index (κ1) is 15.4. The predicted octanol–water partition coefficient (Wildman–Crippen LogP) is 2.81. The molecule has 2 amide bonds. The third kappa shape index (κ3) is 4.52. The molecule has 0 bridgehead atoms. The molecule has 0 aliphatic heterocycles. The van der Waals surface area contributed by atoms with Gasteiger partial charge >= 0.3 is 6.03 Å². The van der Waals surface area contributed by atoms with E-state index in [1.54, 1.807) is 13.0 Å². The Morgan fingerprint density at radius 2 is 2.00 bits per heavy atom. The van der Waals surface area contributed by atoms with E-state index in [0.717, 1.165) is 0 Å². The maximum absolute atomic E-state index is 13.1. The Balaban J connectivity index is 2.53. The van der Waals surface area contributed by atoms with Crippen LogP contribution >= 0.6 is 0 Å². The van der Waals surface area contributed by atoms with E-state index >= 15 is 0 Å². The van der Waals surface area contributed by atoms with Crippen LogP contribution in [0.25, 0.3) is 0 Å². The predicted molar refractivity (Wildman–Crippen MR) is 73.7 cm³/mol. The van der Waals surface area contributed by atoms with Gasteiger partial charge in [-0.25, -0.2) is 9.18 Å². The van der Waals surface area contributed by atoms with Crippen molar-refractivity contribution in [3.63, 3.8) is 0 Å². The SMILES string of the molecule is CCC(O)(CC)CNC(=O)Nc1ccc(F)c(C)c1. The van der Waals surface area contributed by atoms with E-state index in [2.05, 4.69) is 10.6 Å². The molecule has 0 aliphatic carbocycles. The molecular formula is C14H21FN2O2. The standard InChI is InChI=1S/C14H21FN2O2/c1-4-14(19,5-2)9-16-13(18)17-11-6-7-12(15)10(3)8-11/h6-8,19H,4-5,9H2,1-3H3,(H2,16,17,18). The zero-order valence-electron chi connectivity index (χ0n) is 11.6. The quantitative estimate of drug-likeness (QED) is 0.769. The lowest BCUT2D eigenvalue weighted by molar-refractivity contribution is 0.0354. The fourth-order valence-electron chi connectivity index (χ4n) is 1.64. The summed E-state index contributed by atoms with van der Waals surface area (Å²) in [5.41, 5.74) is 0.111. The van der Waals surface area contributed by atoms with E-state index < -0.39 is 11.6 Å². The average Bonchev–Trinajstić information content (AvgIpc) is 2.40. The molecule has 0 aliphatic rings. The zero-order valence-corrected chi connectivity index (χ0v) is 11.6. The number of nitrogens with one attached hydrogen (secondary N) is 2. The van der Waals surface area contributed by atoms with Gasteiger partial charge in [0.1, 0.15) is 5.82 Å². The van der Waals surface area contributed by atoms with Crippen molar-refractivity contribution in [3.8, 4) is 0 Å². The second-order valence-corrected chi connectivity index (χ2v) is 4.70. The molecule has 0 spiro atoms. The summed E-state index contributed by atoms with van der Waals surface area (Å²) in [6, 6.07) is 3.94. The van der Waals surface area contributed by atoms with E-state index in [0.29, 0.717) is 24.1 Å². The molecule has 1 aromatic rings. The largest absolute Gasteiger partial charge is 0.388 e. The highest BCUT2D eigenvalue weighted by Crippen LogP contribution is 2.14. The molecular weight excluding hydrogens is 247 g/mol. The van der Waals surface area contributed by atoms with Crippen molar-refractivity contribution in [2.45, 2.75) is 39.2 Å². The van der Waals surface area contributed by atoms with Crippen molar-refractivity contribution in [1.29, 1.82) is 0 Å². The molecule has 0 radical (unpaired) electrons. The number of rotatable bonds is 5. The molecule has 0 unspecified atom stereocenters. The Morgan fingerprint density at radius 1 is 1.37 bits per heavy atom. The maximum Gasteiger partial charge on any atom is 0.319 e. The van der Waals surface area contributed by atoms with E-state index in [4.69, 9.17) is 0 Å². The lowest BCUT2D eigenvalue weighted by atomic mass is 9.98. The molecule has 3 N–H and O–H groups in total. The molecule has 0 fully saturated rings.